The van der Waals surface area contributed by atoms with Gasteiger partial charge in [0.1, 0.15) is 0 Å². The van der Waals surface area contributed by atoms with Crippen molar-refractivity contribution in [3.8, 4) is 0 Å². The topological polar surface area (TPSA) is 49.3 Å². The van der Waals surface area contributed by atoms with Gasteiger partial charge in [0, 0.05) is 5.69 Å². The molecule has 1 atom stereocenters. The monoisotopic (exact) mass is 283 g/mol. The quantitative estimate of drug-likeness (QED) is 0.886. The molecule has 2 N–H and O–H groups in total. The van der Waals surface area contributed by atoms with E-state index in [1.807, 2.05) is 64.1 Å². The zero-order valence-electron chi connectivity index (χ0n) is 12.9. The SMILES string of the molecule is Cc1cc(C)c(C(Nc2ccccc2C)C(=O)O)cc1C. The molecule has 0 radical (unpaired) electrons. The van der Waals surface area contributed by atoms with Gasteiger partial charge in [0.15, 0.2) is 6.04 Å². The average molecular weight is 283 g/mol. The summed E-state index contributed by atoms with van der Waals surface area (Å²) in [4.78, 5) is 11.7. The summed E-state index contributed by atoms with van der Waals surface area (Å²) in [7, 11) is 0. The molecule has 110 valence electrons. The van der Waals surface area contributed by atoms with Crippen LogP contribution in [0.5, 0.6) is 0 Å². The maximum absolute atomic E-state index is 11.7. The second-order valence-corrected chi connectivity index (χ2v) is 5.52. The van der Waals surface area contributed by atoms with Gasteiger partial charge in [-0.15, -0.1) is 0 Å². The third kappa shape index (κ3) is 3.24. The molecule has 0 bridgehead atoms. The molecule has 0 fully saturated rings. The zero-order chi connectivity index (χ0) is 15.6. The highest BCUT2D eigenvalue weighted by Crippen LogP contribution is 2.27. The van der Waals surface area contributed by atoms with Crippen molar-refractivity contribution in [3.05, 3.63) is 64.2 Å². The average Bonchev–Trinajstić information content (AvgIpc) is 2.42. The second-order valence-electron chi connectivity index (χ2n) is 5.52. The highest BCUT2D eigenvalue weighted by molar-refractivity contribution is 5.80. The number of rotatable bonds is 4. The van der Waals surface area contributed by atoms with E-state index in [1.54, 1.807) is 0 Å². The van der Waals surface area contributed by atoms with Crippen LogP contribution in [0.2, 0.25) is 0 Å². The van der Waals surface area contributed by atoms with Crippen molar-refractivity contribution >= 4 is 11.7 Å². The third-order valence-corrected chi connectivity index (χ3v) is 3.89. The molecular formula is C18H21NO2. The number of hydrogen-bond donors (Lipinski definition) is 2. The first-order valence-electron chi connectivity index (χ1n) is 7.03. The molecule has 0 aromatic heterocycles. The summed E-state index contributed by atoms with van der Waals surface area (Å²) in [6.07, 6.45) is 0. The zero-order valence-corrected chi connectivity index (χ0v) is 12.9. The number of benzene rings is 2. The minimum Gasteiger partial charge on any atom is -0.479 e. The highest BCUT2D eigenvalue weighted by atomic mass is 16.4. The highest BCUT2D eigenvalue weighted by Gasteiger charge is 2.22. The van der Waals surface area contributed by atoms with Crippen molar-refractivity contribution < 1.29 is 9.90 Å². The Morgan fingerprint density at radius 1 is 0.952 bits per heavy atom. The molecule has 21 heavy (non-hydrogen) atoms. The summed E-state index contributed by atoms with van der Waals surface area (Å²) in [5.41, 5.74) is 5.97. The lowest BCUT2D eigenvalue weighted by Gasteiger charge is -2.20. The summed E-state index contributed by atoms with van der Waals surface area (Å²) >= 11 is 0. The van der Waals surface area contributed by atoms with Crippen molar-refractivity contribution in [3.63, 3.8) is 0 Å². The van der Waals surface area contributed by atoms with Gasteiger partial charge in [-0.2, -0.15) is 0 Å². The Labute approximate surface area is 125 Å². The lowest BCUT2D eigenvalue weighted by Crippen LogP contribution is -2.22. The molecule has 0 saturated heterocycles. The van der Waals surface area contributed by atoms with Crippen molar-refractivity contribution in [1.82, 2.24) is 0 Å². The Kier molecular flexibility index (Phi) is 4.32. The first-order valence-corrected chi connectivity index (χ1v) is 7.03. The lowest BCUT2D eigenvalue weighted by molar-refractivity contribution is -0.138. The van der Waals surface area contributed by atoms with Crippen LogP contribution in [0.1, 0.15) is 33.9 Å². The molecule has 2 aromatic rings. The van der Waals surface area contributed by atoms with Gasteiger partial charge in [-0.1, -0.05) is 30.3 Å². The first kappa shape index (κ1) is 15.1. The van der Waals surface area contributed by atoms with Gasteiger partial charge in [0.05, 0.1) is 0 Å². The van der Waals surface area contributed by atoms with E-state index in [4.69, 9.17) is 0 Å². The summed E-state index contributed by atoms with van der Waals surface area (Å²) in [5, 5.41) is 12.8. The number of para-hydroxylation sites is 1. The number of carbonyl (C=O) groups is 1. The van der Waals surface area contributed by atoms with E-state index in [0.717, 1.165) is 27.9 Å². The number of carboxylic acid groups (broad SMARTS) is 1. The van der Waals surface area contributed by atoms with Crippen LogP contribution in [0.15, 0.2) is 36.4 Å². The lowest BCUT2D eigenvalue weighted by atomic mass is 9.95. The first-order chi connectivity index (χ1) is 9.90. The Bertz CT molecular complexity index is 677. The molecule has 3 heteroatoms. The molecule has 0 spiro atoms. The van der Waals surface area contributed by atoms with Crippen molar-refractivity contribution in [2.45, 2.75) is 33.7 Å². The molecule has 3 nitrogen and oxygen atoms in total. The maximum Gasteiger partial charge on any atom is 0.330 e. The molecule has 0 amide bonds. The smallest absolute Gasteiger partial charge is 0.330 e. The van der Waals surface area contributed by atoms with Crippen LogP contribution in [0, 0.1) is 27.7 Å². The standard InChI is InChI=1S/C18H21NO2/c1-11-7-5-6-8-16(11)19-17(18(20)21)15-10-13(3)12(2)9-14(15)4/h5-10,17,19H,1-4H3,(H,20,21). The Morgan fingerprint density at radius 3 is 2.19 bits per heavy atom. The number of nitrogens with one attached hydrogen (secondary N) is 1. The largest absolute Gasteiger partial charge is 0.479 e. The van der Waals surface area contributed by atoms with Crippen LogP contribution in [0.25, 0.3) is 0 Å². The summed E-state index contributed by atoms with van der Waals surface area (Å²) in [6.45, 7) is 7.97. The van der Waals surface area contributed by atoms with Gasteiger partial charge in [-0.3, -0.25) is 0 Å². The van der Waals surface area contributed by atoms with E-state index < -0.39 is 12.0 Å². The van der Waals surface area contributed by atoms with Gasteiger partial charge in [0.25, 0.3) is 0 Å². The second kappa shape index (κ2) is 6.00. The molecular weight excluding hydrogens is 262 g/mol. The van der Waals surface area contributed by atoms with Gasteiger partial charge in [-0.05, 0) is 61.6 Å². The fraction of sp³-hybridized carbons (Fsp3) is 0.278. The Hall–Kier alpha value is -2.29. The normalized spacial score (nSPS) is 12.0. The number of carboxylic acids is 1. The summed E-state index contributed by atoms with van der Waals surface area (Å²) < 4.78 is 0. The van der Waals surface area contributed by atoms with Gasteiger partial charge in [-0.25, -0.2) is 4.79 Å². The molecule has 0 heterocycles. The number of aliphatic carboxylic acids is 1. The minimum absolute atomic E-state index is 0.745. The van der Waals surface area contributed by atoms with E-state index in [9.17, 15) is 9.90 Å². The molecule has 2 rings (SSSR count). The summed E-state index contributed by atoms with van der Waals surface area (Å²) in [6, 6.07) is 11.0. The number of hydrogen-bond acceptors (Lipinski definition) is 2. The minimum atomic E-state index is -0.871. The number of anilines is 1. The van der Waals surface area contributed by atoms with Gasteiger partial charge in [0.2, 0.25) is 0 Å². The van der Waals surface area contributed by atoms with Crippen LogP contribution >= 0.6 is 0 Å². The van der Waals surface area contributed by atoms with Crippen LogP contribution in [-0.4, -0.2) is 11.1 Å². The van der Waals surface area contributed by atoms with Crippen molar-refractivity contribution in [1.29, 1.82) is 0 Å². The summed E-state index contributed by atoms with van der Waals surface area (Å²) in [5.74, 6) is -0.871. The predicted octanol–water partition coefficient (Wildman–Crippen LogP) is 4.16. The van der Waals surface area contributed by atoms with Gasteiger partial charge < -0.3 is 10.4 Å². The third-order valence-electron chi connectivity index (χ3n) is 3.89. The molecule has 0 saturated carbocycles. The van der Waals surface area contributed by atoms with E-state index in [2.05, 4.69) is 5.32 Å². The molecule has 0 aliphatic heterocycles. The molecule has 2 aromatic carbocycles. The molecule has 1 unspecified atom stereocenters. The predicted molar refractivity (Wildman–Crippen MR) is 85.8 cm³/mol. The number of aryl methyl sites for hydroxylation is 4. The van der Waals surface area contributed by atoms with Crippen LogP contribution in [0.3, 0.4) is 0 Å². The van der Waals surface area contributed by atoms with Crippen molar-refractivity contribution in [2.75, 3.05) is 5.32 Å². The van der Waals surface area contributed by atoms with E-state index in [1.165, 1.54) is 5.56 Å². The Morgan fingerprint density at radius 2 is 1.57 bits per heavy atom. The molecule has 0 aliphatic rings. The van der Waals surface area contributed by atoms with E-state index in [-0.39, 0.29) is 0 Å². The molecule has 0 aliphatic carbocycles. The fourth-order valence-corrected chi connectivity index (χ4v) is 2.46. The van der Waals surface area contributed by atoms with Crippen LogP contribution < -0.4 is 5.32 Å². The van der Waals surface area contributed by atoms with E-state index in [0.29, 0.717) is 0 Å². The van der Waals surface area contributed by atoms with E-state index >= 15 is 0 Å². The fourth-order valence-electron chi connectivity index (χ4n) is 2.46. The van der Waals surface area contributed by atoms with Crippen LogP contribution in [-0.2, 0) is 4.79 Å². The Balaban J connectivity index is 2.43. The van der Waals surface area contributed by atoms with Crippen LogP contribution in [0.4, 0.5) is 5.69 Å². The maximum atomic E-state index is 11.7. The van der Waals surface area contributed by atoms with Gasteiger partial charge >= 0.3 is 5.97 Å². The van der Waals surface area contributed by atoms with Crippen molar-refractivity contribution in [2.24, 2.45) is 0 Å².